The average Bonchev–Trinajstić information content (AvgIpc) is 3.17. The van der Waals surface area contributed by atoms with Gasteiger partial charge in [0.25, 0.3) is 0 Å². The van der Waals surface area contributed by atoms with E-state index in [2.05, 4.69) is 4.72 Å². The molecule has 1 aromatic carbocycles. The fourth-order valence-electron chi connectivity index (χ4n) is 3.36. The van der Waals surface area contributed by atoms with E-state index >= 15 is 0 Å². The zero-order valence-electron chi connectivity index (χ0n) is 15.5. The summed E-state index contributed by atoms with van der Waals surface area (Å²) in [5, 5.41) is 12.4. The summed E-state index contributed by atoms with van der Waals surface area (Å²) in [6.45, 7) is 5.31. The number of hydrogen-bond donors (Lipinski definition) is 2. The maximum atomic E-state index is 14.5. The number of fused-ring (bicyclic) bond motifs is 1. The van der Waals surface area contributed by atoms with Crippen LogP contribution in [-0.4, -0.2) is 26.6 Å². The highest BCUT2D eigenvalue weighted by Gasteiger charge is 2.27. The number of aryl methyl sites for hydroxylation is 2. The Morgan fingerprint density at radius 1 is 1.36 bits per heavy atom. The van der Waals surface area contributed by atoms with Gasteiger partial charge in [-0.1, -0.05) is 6.92 Å². The van der Waals surface area contributed by atoms with Gasteiger partial charge in [-0.3, -0.25) is 0 Å². The van der Waals surface area contributed by atoms with E-state index in [-0.39, 0.29) is 21.6 Å². The minimum Gasteiger partial charge on any atom is -0.457 e. The Bertz CT molecular complexity index is 1130. The van der Waals surface area contributed by atoms with Gasteiger partial charge in [0.2, 0.25) is 10.0 Å². The highest BCUT2D eigenvalue weighted by molar-refractivity contribution is 7.89. The molecule has 0 amide bonds. The first-order valence-corrected chi connectivity index (χ1v) is 11.4. The van der Waals surface area contributed by atoms with Crippen LogP contribution in [0.25, 0.3) is 11.0 Å². The second kappa shape index (κ2) is 7.14. The van der Waals surface area contributed by atoms with Crippen LogP contribution in [0, 0.1) is 12.7 Å². The van der Waals surface area contributed by atoms with E-state index in [0.29, 0.717) is 22.5 Å². The molecular formula is C19H21FN2O4S2. The van der Waals surface area contributed by atoms with Crippen molar-refractivity contribution in [1.82, 2.24) is 4.72 Å². The first-order valence-electron chi connectivity index (χ1n) is 9.05. The van der Waals surface area contributed by atoms with Crippen LogP contribution < -0.4 is 9.62 Å². The van der Waals surface area contributed by atoms with Crippen LogP contribution >= 0.6 is 11.3 Å². The van der Waals surface area contributed by atoms with Crippen molar-refractivity contribution in [3.63, 3.8) is 0 Å². The van der Waals surface area contributed by atoms with Crippen LogP contribution in [0.1, 0.15) is 35.8 Å². The van der Waals surface area contributed by atoms with Crippen LogP contribution in [0.5, 0.6) is 0 Å². The van der Waals surface area contributed by atoms with Crippen molar-refractivity contribution in [1.29, 1.82) is 0 Å². The summed E-state index contributed by atoms with van der Waals surface area (Å²) in [5.74, 6) is -0.518. The molecule has 3 heterocycles. The molecule has 9 heteroatoms. The topological polar surface area (TPSA) is 82.8 Å². The largest absolute Gasteiger partial charge is 0.457 e. The van der Waals surface area contributed by atoms with E-state index in [1.807, 2.05) is 11.8 Å². The number of rotatable bonds is 6. The molecule has 1 atom stereocenters. The SMILES string of the molecule is CCc1csc(C)c1S(=O)(=O)NC(O)c1cc2c(F)cc(N3CCC3)cc2o1. The summed E-state index contributed by atoms with van der Waals surface area (Å²) in [5.41, 5.74) is 1.68. The first-order chi connectivity index (χ1) is 13.3. The molecule has 0 saturated carbocycles. The van der Waals surface area contributed by atoms with Gasteiger partial charge in [0.15, 0.2) is 6.23 Å². The lowest BCUT2D eigenvalue weighted by Gasteiger charge is -2.33. The lowest BCUT2D eigenvalue weighted by atomic mass is 10.1. The van der Waals surface area contributed by atoms with Gasteiger partial charge in [-0.15, -0.1) is 11.3 Å². The van der Waals surface area contributed by atoms with Gasteiger partial charge in [-0.05, 0) is 42.8 Å². The molecule has 0 spiro atoms. The monoisotopic (exact) mass is 424 g/mol. The maximum Gasteiger partial charge on any atom is 0.244 e. The Morgan fingerprint density at radius 2 is 2.11 bits per heavy atom. The molecule has 2 aromatic heterocycles. The fourth-order valence-corrected chi connectivity index (χ4v) is 6.20. The number of nitrogens with zero attached hydrogens (tertiary/aromatic N) is 1. The van der Waals surface area contributed by atoms with Crippen molar-refractivity contribution >= 4 is 38.0 Å². The van der Waals surface area contributed by atoms with E-state index in [0.717, 1.165) is 19.5 Å². The molecule has 2 N–H and O–H groups in total. The third-order valence-corrected chi connectivity index (χ3v) is 7.72. The number of furan rings is 1. The molecule has 6 nitrogen and oxygen atoms in total. The summed E-state index contributed by atoms with van der Waals surface area (Å²) in [7, 11) is -3.95. The third kappa shape index (κ3) is 3.32. The normalized spacial score (nSPS) is 15.8. The third-order valence-electron chi connectivity index (χ3n) is 4.99. The highest BCUT2D eigenvalue weighted by Crippen LogP contribution is 2.33. The molecule has 1 aliphatic heterocycles. The minimum absolute atomic E-state index is 0.0517. The van der Waals surface area contributed by atoms with Crippen molar-refractivity contribution in [2.45, 2.75) is 37.8 Å². The number of sulfonamides is 1. The van der Waals surface area contributed by atoms with Gasteiger partial charge in [0.1, 0.15) is 17.2 Å². The van der Waals surface area contributed by atoms with E-state index in [1.54, 1.807) is 18.4 Å². The summed E-state index contributed by atoms with van der Waals surface area (Å²) >= 11 is 1.34. The minimum atomic E-state index is -3.95. The van der Waals surface area contributed by atoms with Crippen molar-refractivity contribution in [2.24, 2.45) is 0 Å². The predicted molar refractivity (Wildman–Crippen MR) is 107 cm³/mol. The van der Waals surface area contributed by atoms with Crippen LogP contribution in [0.2, 0.25) is 0 Å². The smallest absolute Gasteiger partial charge is 0.244 e. The number of aliphatic hydroxyl groups excluding tert-OH is 1. The predicted octanol–water partition coefficient (Wildman–Crippen LogP) is 3.68. The Hall–Kier alpha value is -1.94. The van der Waals surface area contributed by atoms with Gasteiger partial charge < -0.3 is 14.4 Å². The molecule has 150 valence electrons. The molecular weight excluding hydrogens is 403 g/mol. The van der Waals surface area contributed by atoms with Crippen molar-refractivity contribution in [3.05, 3.63) is 45.6 Å². The number of benzene rings is 1. The molecule has 0 radical (unpaired) electrons. The molecule has 0 aliphatic carbocycles. The Morgan fingerprint density at radius 3 is 2.75 bits per heavy atom. The van der Waals surface area contributed by atoms with Gasteiger partial charge >= 0.3 is 0 Å². The Kier molecular flexibility index (Phi) is 4.95. The van der Waals surface area contributed by atoms with E-state index in [9.17, 15) is 17.9 Å². The van der Waals surface area contributed by atoms with Crippen molar-refractivity contribution in [2.75, 3.05) is 18.0 Å². The number of anilines is 1. The number of thiophene rings is 1. The van der Waals surface area contributed by atoms with Crippen LogP contribution in [0.4, 0.5) is 10.1 Å². The molecule has 1 aliphatic rings. The summed E-state index contributed by atoms with van der Waals surface area (Å²) < 4.78 is 47.8. The fraction of sp³-hybridized carbons (Fsp3) is 0.368. The first kappa shape index (κ1) is 19.4. The second-order valence-corrected chi connectivity index (χ2v) is 9.59. The van der Waals surface area contributed by atoms with Crippen LogP contribution in [0.15, 0.2) is 32.9 Å². The quantitative estimate of drug-likeness (QED) is 0.590. The van der Waals surface area contributed by atoms with E-state index < -0.39 is 22.1 Å². The zero-order chi connectivity index (χ0) is 20.1. The van der Waals surface area contributed by atoms with Crippen molar-refractivity contribution < 1.29 is 22.3 Å². The molecule has 28 heavy (non-hydrogen) atoms. The van der Waals surface area contributed by atoms with Crippen LogP contribution in [0.3, 0.4) is 0 Å². The molecule has 0 bridgehead atoms. The average molecular weight is 425 g/mol. The standard InChI is InChI=1S/C19H21FN2O4S2/c1-3-12-10-27-11(2)18(12)28(24,25)21-19(23)17-9-14-15(20)7-13(8-16(14)26-17)22-5-4-6-22/h7-10,19,21,23H,3-6H2,1-2H3. The van der Waals surface area contributed by atoms with E-state index in [4.69, 9.17) is 4.42 Å². The Labute approximate surface area is 166 Å². The Balaban J connectivity index is 1.64. The molecule has 3 aromatic rings. The summed E-state index contributed by atoms with van der Waals surface area (Å²) in [6.07, 6.45) is 0.00478. The lowest BCUT2D eigenvalue weighted by molar-refractivity contribution is 0.141. The zero-order valence-corrected chi connectivity index (χ0v) is 17.2. The number of hydrogen-bond acceptors (Lipinski definition) is 6. The van der Waals surface area contributed by atoms with Gasteiger partial charge in [0, 0.05) is 29.7 Å². The summed E-state index contributed by atoms with van der Waals surface area (Å²) in [6, 6.07) is 4.47. The number of nitrogens with one attached hydrogen (secondary N) is 1. The number of aliphatic hydroxyl groups is 1. The molecule has 1 saturated heterocycles. The van der Waals surface area contributed by atoms with Gasteiger partial charge in [-0.2, -0.15) is 4.72 Å². The van der Waals surface area contributed by atoms with Gasteiger partial charge in [0.05, 0.1) is 10.3 Å². The molecule has 1 fully saturated rings. The molecule has 1 unspecified atom stereocenters. The van der Waals surface area contributed by atoms with E-state index in [1.165, 1.54) is 23.5 Å². The maximum absolute atomic E-state index is 14.5. The van der Waals surface area contributed by atoms with Crippen LogP contribution in [-0.2, 0) is 16.4 Å². The molecule has 4 rings (SSSR count). The highest BCUT2D eigenvalue weighted by atomic mass is 32.2. The van der Waals surface area contributed by atoms with Gasteiger partial charge in [-0.25, -0.2) is 12.8 Å². The summed E-state index contributed by atoms with van der Waals surface area (Å²) in [4.78, 5) is 2.85. The number of halogens is 1. The lowest BCUT2D eigenvalue weighted by Crippen LogP contribution is -2.36. The van der Waals surface area contributed by atoms with Crippen molar-refractivity contribution in [3.8, 4) is 0 Å². The second-order valence-electron chi connectivity index (χ2n) is 6.85.